The van der Waals surface area contributed by atoms with Crippen molar-refractivity contribution in [2.24, 2.45) is 0 Å². The molecule has 0 unspecified atom stereocenters. The first-order chi connectivity index (χ1) is 12.4. The summed E-state index contributed by atoms with van der Waals surface area (Å²) in [4.78, 5) is 4.12. The van der Waals surface area contributed by atoms with E-state index in [0.29, 0.717) is 0 Å². The van der Waals surface area contributed by atoms with Crippen LogP contribution in [0.15, 0.2) is 55.0 Å². The van der Waals surface area contributed by atoms with Crippen molar-refractivity contribution >= 4 is 0 Å². The van der Waals surface area contributed by atoms with Crippen LogP contribution in [0.25, 0.3) is 16.9 Å². The second-order valence-electron chi connectivity index (χ2n) is 6.47. The summed E-state index contributed by atoms with van der Waals surface area (Å²) in [5.41, 5.74) is 4.30. The third-order valence-corrected chi connectivity index (χ3v) is 4.47. The van der Waals surface area contributed by atoms with E-state index in [0.717, 1.165) is 23.4 Å². The molecule has 0 saturated heterocycles. The zero-order valence-corrected chi connectivity index (χ0v) is 14.9. The van der Waals surface area contributed by atoms with Crippen LogP contribution in [0.1, 0.15) is 51.0 Å². The van der Waals surface area contributed by atoms with Gasteiger partial charge in [0.05, 0.1) is 18.1 Å². The maximum absolute atomic E-state index is 4.28. The van der Waals surface area contributed by atoms with Crippen LogP contribution >= 0.6 is 0 Å². The molecule has 3 aromatic rings. The van der Waals surface area contributed by atoms with Crippen LogP contribution in [0.4, 0.5) is 0 Å². The molecule has 3 rings (SSSR count). The van der Waals surface area contributed by atoms with Crippen molar-refractivity contribution in [3.05, 3.63) is 60.6 Å². The standard InChI is InChI=1S/C21H26N4/c1-2-3-4-5-6-7-9-18-11-13-19(14-12-18)21-17-25(24-23-21)20-10-8-15-22-16-20/h8,10-17H,2-7,9H2,1H3. The topological polar surface area (TPSA) is 43.6 Å². The number of benzene rings is 1. The van der Waals surface area contributed by atoms with E-state index in [4.69, 9.17) is 0 Å². The lowest BCUT2D eigenvalue weighted by atomic mass is 10.0. The van der Waals surface area contributed by atoms with Gasteiger partial charge in [-0.05, 0) is 30.5 Å². The number of hydrogen-bond donors (Lipinski definition) is 0. The van der Waals surface area contributed by atoms with Gasteiger partial charge in [0.15, 0.2) is 0 Å². The van der Waals surface area contributed by atoms with Gasteiger partial charge in [0, 0.05) is 11.8 Å². The highest BCUT2D eigenvalue weighted by atomic mass is 15.4. The SMILES string of the molecule is CCCCCCCCc1ccc(-c2cn(-c3cccnc3)nn2)cc1. The molecule has 1 aromatic carbocycles. The fourth-order valence-corrected chi connectivity index (χ4v) is 2.96. The molecule has 0 atom stereocenters. The fourth-order valence-electron chi connectivity index (χ4n) is 2.96. The Morgan fingerprint density at radius 1 is 0.920 bits per heavy atom. The first-order valence-electron chi connectivity index (χ1n) is 9.29. The van der Waals surface area contributed by atoms with Crippen molar-refractivity contribution in [2.75, 3.05) is 0 Å². The molecule has 2 heterocycles. The summed E-state index contributed by atoms with van der Waals surface area (Å²) in [7, 11) is 0. The van der Waals surface area contributed by atoms with E-state index in [9.17, 15) is 0 Å². The number of hydrogen-bond acceptors (Lipinski definition) is 3. The molecule has 0 aliphatic heterocycles. The molecule has 0 aliphatic carbocycles. The number of rotatable bonds is 9. The average Bonchev–Trinajstić information content (AvgIpc) is 3.16. The summed E-state index contributed by atoms with van der Waals surface area (Å²) >= 11 is 0. The zero-order chi connectivity index (χ0) is 17.3. The van der Waals surface area contributed by atoms with Gasteiger partial charge in [0.1, 0.15) is 5.69 Å². The minimum atomic E-state index is 0.884. The molecule has 4 heteroatoms. The van der Waals surface area contributed by atoms with Gasteiger partial charge in [-0.15, -0.1) is 5.10 Å². The van der Waals surface area contributed by atoms with Crippen LogP contribution < -0.4 is 0 Å². The molecule has 2 aromatic heterocycles. The van der Waals surface area contributed by atoms with E-state index < -0.39 is 0 Å². The van der Waals surface area contributed by atoms with Crippen molar-refractivity contribution in [3.8, 4) is 16.9 Å². The number of pyridine rings is 1. The van der Waals surface area contributed by atoms with Crippen LogP contribution in [0.2, 0.25) is 0 Å². The summed E-state index contributed by atoms with van der Waals surface area (Å²) < 4.78 is 1.76. The molecule has 0 N–H and O–H groups in total. The molecule has 0 spiro atoms. The molecule has 0 aliphatic rings. The van der Waals surface area contributed by atoms with Gasteiger partial charge in [-0.2, -0.15) is 0 Å². The van der Waals surface area contributed by atoms with Gasteiger partial charge in [-0.25, -0.2) is 4.68 Å². The first kappa shape index (κ1) is 17.3. The molecular formula is C21H26N4. The molecule has 25 heavy (non-hydrogen) atoms. The number of aromatic nitrogens is 4. The second-order valence-corrected chi connectivity index (χ2v) is 6.47. The van der Waals surface area contributed by atoms with Crippen molar-refractivity contribution < 1.29 is 0 Å². The number of unbranched alkanes of at least 4 members (excludes halogenated alkanes) is 5. The lowest BCUT2D eigenvalue weighted by molar-refractivity contribution is 0.607. The zero-order valence-electron chi connectivity index (χ0n) is 14.9. The highest BCUT2D eigenvalue weighted by molar-refractivity contribution is 5.58. The van der Waals surface area contributed by atoms with Gasteiger partial charge in [-0.1, -0.05) is 68.5 Å². The smallest absolute Gasteiger partial charge is 0.113 e. The average molecular weight is 334 g/mol. The van der Waals surface area contributed by atoms with E-state index in [2.05, 4.69) is 46.5 Å². The normalized spacial score (nSPS) is 10.9. The maximum Gasteiger partial charge on any atom is 0.113 e. The Morgan fingerprint density at radius 2 is 1.72 bits per heavy atom. The Labute approximate surface area is 149 Å². The van der Waals surface area contributed by atoms with Gasteiger partial charge in [0.25, 0.3) is 0 Å². The molecule has 0 bridgehead atoms. The second kappa shape index (κ2) is 9.11. The number of aryl methyl sites for hydroxylation is 1. The molecule has 4 nitrogen and oxygen atoms in total. The van der Waals surface area contributed by atoms with Crippen LogP contribution in [0.3, 0.4) is 0 Å². The Morgan fingerprint density at radius 3 is 2.48 bits per heavy atom. The Hall–Kier alpha value is -2.49. The van der Waals surface area contributed by atoms with Gasteiger partial charge in [0.2, 0.25) is 0 Å². The predicted octanol–water partition coefficient (Wildman–Crippen LogP) is 5.23. The fraction of sp³-hybridized carbons (Fsp3) is 0.381. The van der Waals surface area contributed by atoms with Crippen LogP contribution in [-0.4, -0.2) is 20.0 Å². The molecular weight excluding hydrogens is 308 g/mol. The van der Waals surface area contributed by atoms with Crippen molar-refractivity contribution in [2.45, 2.75) is 51.9 Å². The third kappa shape index (κ3) is 4.99. The first-order valence-corrected chi connectivity index (χ1v) is 9.29. The van der Waals surface area contributed by atoms with Crippen LogP contribution in [-0.2, 0) is 6.42 Å². The monoisotopic (exact) mass is 334 g/mol. The highest BCUT2D eigenvalue weighted by Gasteiger charge is 2.05. The Kier molecular flexibility index (Phi) is 6.32. The molecule has 130 valence electrons. The maximum atomic E-state index is 4.28. The van der Waals surface area contributed by atoms with Crippen molar-refractivity contribution in [1.29, 1.82) is 0 Å². The largest absolute Gasteiger partial charge is 0.262 e. The van der Waals surface area contributed by atoms with E-state index in [1.165, 1.54) is 44.1 Å². The molecule has 0 radical (unpaired) electrons. The minimum absolute atomic E-state index is 0.884. The Bertz CT molecular complexity index is 747. The quantitative estimate of drug-likeness (QED) is 0.503. The van der Waals surface area contributed by atoms with Crippen LogP contribution in [0.5, 0.6) is 0 Å². The highest BCUT2D eigenvalue weighted by Crippen LogP contribution is 2.19. The molecule has 0 fully saturated rings. The van der Waals surface area contributed by atoms with Gasteiger partial charge in [-0.3, -0.25) is 4.98 Å². The summed E-state index contributed by atoms with van der Waals surface area (Å²) in [6, 6.07) is 12.6. The van der Waals surface area contributed by atoms with E-state index in [1.807, 2.05) is 18.3 Å². The summed E-state index contributed by atoms with van der Waals surface area (Å²) in [5.74, 6) is 0. The van der Waals surface area contributed by atoms with E-state index in [1.54, 1.807) is 17.1 Å². The van der Waals surface area contributed by atoms with Crippen LogP contribution in [0, 0.1) is 0 Å². The molecule has 0 saturated carbocycles. The predicted molar refractivity (Wildman–Crippen MR) is 102 cm³/mol. The third-order valence-electron chi connectivity index (χ3n) is 4.47. The lowest BCUT2D eigenvalue weighted by Gasteiger charge is -2.03. The van der Waals surface area contributed by atoms with Crippen molar-refractivity contribution in [3.63, 3.8) is 0 Å². The van der Waals surface area contributed by atoms with Crippen molar-refractivity contribution in [1.82, 2.24) is 20.0 Å². The lowest BCUT2D eigenvalue weighted by Crippen LogP contribution is -1.94. The number of nitrogens with zero attached hydrogens (tertiary/aromatic N) is 4. The summed E-state index contributed by atoms with van der Waals surface area (Å²) in [6.07, 6.45) is 14.7. The van der Waals surface area contributed by atoms with E-state index >= 15 is 0 Å². The van der Waals surface area contributed by atoms with Gasteiger partial charge < -0.3 is 0 Å². The Balaban J connectivity index is 1.55. The minimum Gasteiger partial charge on any atom is -0.262 e. The van der Waals surface area contributed by atoms with Gasteiger partial charge >= 0.3 is 0 Å². The summed E-state index contributed by atoms with van der Waals surface area (Å²) in [5, 5.41) is 8.48. The molecule has 0 amide bonds. The van der Waals surface area contributed by atoms with E-state index in [-0.39, 0.29) is 0 Å². The summed E-state index contributed by atoms with van der Waals surface area (Å²) in [6.45, 7) is 2.26.